The van der Waals surface area contributed by atoms with Crippen LogP contribution < -0.4 is 5.32 Å². The molecule has 0 saturated heterocycles. The summed E-state index contributed by atoms with van der Waals surface area (Å²) in [7, 11) is -1.51. The number of benzene rings is 2. The van der Waals surface area contributed by atoms with Gasteiger partial charge >= 0.3 is 0 Å². The Morgan fingerprint density at radius 2 is 1.72 bits per heavy atom. The van der Waals surface area contributed by atoms with Gasteiger partial charge < -0.3 is 20.1 Å². The maximum atomic E-state index is 12.4. The Morgan fingerprint density at radius 1 is 1.12 bits per heavy atom. The number of anilines is 1. The lowest BCUT2D eigenvalue weighted by Crippen LogP contribution is -2.35. The van der Waals surface area contributed by atoms with Crippen molar-refractivity contribution >= 4 is 28.0 Å². The van der Waals surface area contributed by atoms with Gasteiger partial charge in [-0.2, -0.15) is 0 Å². The molecule has 3 rings (SSSR count). The van der Waals surface area contributed by atoms with Gasteiger partial charge in [-0.05, 0) is 46.9 Å². The van der Waals surface area contributed by atoms with Crippen LogP contribution in [0.25, 0.3) is 0 Å². The largest absolute Gasteiger partial charge is 0.508 e. The van der Waals surface area contributed by atoms with Crippen LogP contribution in [-0.2, 0) is 4.79 Å². The number of nitrogens with zero attached hydrogens (tertiary/aromatic N) is 1. The van der Waals surface area contributed by atoms with E-state index in [-0.39, 0.29) is 18.2 Å². The molecule has 134 valence electrons. The molecule has 8 heteroatoms. The molecule has 0 bridgehead atoms. The highest BCUT2D eigenvalue weighted by Gasteiger charge is 2.42. The first kappa shape index (κ1) is 18.8. The van der Waals surface area contributed by atoms with Gasteiger partial charge in [0.1, 0.15) is 12.3 Å². The fraction of sp³-hybridized carbons (Fsp3) is 0.176. The van der Waals surface area contributed by atoms with Crippen LogP contribution >= 0.6 is 10.5 Å². The van der Waals surface area contributed by atoms with Gasteiger partial charge in [-0.15, -0.1) is 0 Å². The Bertz CT molecular complexity index is 777. The van der Waals surface area contributed by atoms with Gasteiger partial charge in [0, 0.05) is 23.9 Å². The number of carbonyl (C=O) groups excluding carboxylic acids is 2. The highest BCUT2D eigenvalue weighted by atomic mass is 32.3. The first-order valence-corrected chi connectivity index (χ1v) is 9.30. The van der Waals surface area contributed by atoms with Crippen molar-refractivity contribution in [2.24, 2.45) is 0 Å². The normalized spacial score (nSPS) is 20.8. The van der Waals surface area contributed by atoms with Crippen LogP contribution in [0.4, 0.5) is 5.69 Å². The van der Waals surface area contributed by atoms with Crippen molar-refractivity contribution in [3.8, 4) is 5.75 Å². The fourth-order valence-electron chi connectivity index (χ4n) is 2.47. The minimum absolute atomic E-state index is 0.0977. The molecule has 0 aliphatic carbocycles. The molecule has 0 fully saturated rings. The van der Waals surface area contributed by atoms with Crippen LogP contribution in [0.3, 0.4) is 0 Å². The number of phenolic OH excluding ortho intramolecular Hbond substituents is 1. The van der Waals surface area contributed by atoms with Crippen LogP contribution in [0, 0.1) is 0 Å². The van der Waals surface area contributed by atoms with Crippen LogP contribution in [-0.4, -0.2) is 50.8 Å². The van der Waals surface area contributed by atoms with E-state index in [4.69, 9.17) is 5.11 Å². The predicted molar refractivity (Wildman–Crippen MR) is 96.8 cm³/mol. The molecule has 2 aromatic carbocycles. The molecule has 0 radical (unpaired) electrons. The quantitative estimate of drug-likeness (QED) is 0.625. The minimum atomic E-state index is -2.51. The second-order valence-corrected chi connectivity index (χ2v) is 7.81. The van der Waals surface area contributed by atoms with E-state index in [1.807, 2.05) is 0 Å². The number of fused-ring (bicyclic) bond motifs is 1. The van der Waals surface area contributed by atoms with E-state index in [2.05, 4.69) is 5.32 Å². The molecule has 25 heavy (non-hydrogen) atoms. The SMILES string of the molecule is CO.CS1(O)c2ccccc2C(=O)N1CC(=O)Nc1ccc(O)cc1. The zero-order valence-electron chi connectivity index (χ0n) is 13.8. The Hall–Kier alpha value is -2.55. The van der Waals surface area contributed by atoms with Gasteiger partial charge in [-0.1, -0.05) is 12.1 Å². The summed E-state index contributed by atoms with van der Waals surface area (Å²) >= 11 is 0. The molecule has 4 N–H and O–H groups in total. The van der Waals surface area contributed by atoms with Crippen molar-refractivity contribution < 1.29 is 24.4 Å². The third-order valence-corrected chi connectivity index (χ3v) is 5.97. The van der Waals surface area contributed by atoms with Gasteiger partial charge in [0.2, 0.25) is 5.91 Å². The van der Waals surface area contributed by atoms with E-state index < -0.39 is 16.4 Å². The maximum absolute atomic E-state index is 12.4. The predicted octanol–water partition coefficient (Wildman–Crippen LogP) is 2.28. The minimum Gasteiger partial charge on any atom is -0.508 e. The fourth-order valence-corrected chi connectivity index (χ4v) is 4.40. The van der Waals surface area contributed by atoms with Crippen LogP contribution in [0.15, 0.2) is 53.4 Å². The van der Waals surface area contributed by atoms with Crippen molar-refractivity contribution in [3.63, 3.8) is 0 Å². The van der Waals surface area contributed by atoms with Crippen molar-refractivity contribution in [3.05, 3.63) is 54.1 Å². The van der Waals surface area contributed by atoms with Crippen molar-refractivity contribution in [1.82, 2.24) is 4.31 Å². The van der Waals surface area contributed by atoms with E-state index in [1.54, 1.807) is 42.7 Å². The summed E-state index contributed by atoms with van der Waals surface area (Å²) in [5.74, 6) is -0.661. The van der Waals surface area contributed by atoms with Gasteiger partial charge in [-0.3, -0.25) is 13.9 Å². The summed E-state index contributed by atoms with van der Waals surface area (Å²) < 4.78 is 11.9. The van der Waals surface area contributed by atoms with Gasteiger partial charge in [-0.25, -0.2) is 0 Å². The summed E-state index contributed by atoms with van der Waals surface area (Å²) in [5.41, 5.74) is 0.941. The van der Waals surface area contributed by atoms with Crippen molar-refractivity contribution in [1.29, 1.82) is 0 Å². The maximum Gasteiger partial charge on any atom is 0.265 e. The number of carbonyl (C=O) groups is 2. The topological polar surface area (TPSA) is 110 Å². The highest BCUT2D eigenvalue weighted by molar-refractivity contribution is 8.27. The van der Waals surface area contributed by atoms with E-state index in [9.17, 15) is 19.2 Å². The number of hydrogen-bond acceptors (Lipinski definition) is 5. The summed E-state index contributed by atoms with van der Waals surface area (Å²) in [6, 6.07) is 12.9. The summed E-state index contributed by atoms with van der Waals surface area (Å²) in [4.78, 5) is 25.2. The molecule has 1 aliphatic heterocycles. The lowest BCUT2D eigenvalue weighted by molar-refractivity contribution is -0.116. The second kappa shape index (κ2) is 7.56. The smallest absolute Gasteiger partial charge is 0.265 e. The number of aromatic hydroxyl groups is 1. The molecule has 0 aromatic heterocycles. The van der Waals surface area contributed by atoms with Gasteiger partial charge in [0.25, 0.3) is 5.91 Å². The highest BCUT2D eigenvalue weighted by Crippen LogP contribution is 2.58. The Kier molecular flexibility index (Phi) is 5.68. The summed E-state index contributed by atoms with van der Waals surface area (Å²) in [6.45, 7) is -0.239. The molecular weight excluding hydrogens is 344 g/mol. The molecule has 1 atom stereocenters. The Labute approximate surface area is 147 Å². The Morgan fingerprint density at radius 3 is 2.32 bits per heavy atom. The molecular formula is C17H20N2O5S. The lowest BCUT2D eigenvalue weighted by Gasteiger charge is -2.34. The van der Waals surface area contributed by atoms with Gasteiger partial charge in [0.15, 0.2) is 0 Å². The lowest BCUT2D eigenvalue weighted by atomic mass is 10.2. The van der Waals surface area contributed by atoms with Crippen molar-refractivity contribution in [2.75, 3.05) is 25.2 Å². The van der Waals surface area contributed by atoms with Gasteiger partial charge in [0.05, 0.1) is 5.56 Å². The number of amides is 2. The molecule has 2 aromatic rings. The second-order valence-electron chi connectivity index (χ2n) is 5.27. The summed E-state index contributed by atoms with van der Waals surface area (Å²) in [5, 5.41) is 18.9. The van der Waals surface area contributed by atoms with Crippen LogP contribution in [0.1, 0.15) is 10.4 Å². The zero-order valence-corrected chi connectivity index (χ0v) is 14.7. The first-order valence-electron chi connectivity index (χ1n) is 7.35. The Balaban J connectivity index is 0.00000109. The third-order valence-electron chi connectivity index (χ3n) is 3.63. The van der Waals surface area contributed by atoms with E-state index in [1.165, 1.54) is 16.4 Å². The molecule has 0 saturated carbocycles. The van der Waals surface area contributed by atoms with Crippen LogP contribution in [0.5, 0.6) is 5.75 Å². The van der Waals surface area contributed by atoms with E-state index >= 15 is 0 Å². The van der Waals surface area contributed by atoms with Crippen molar-refractivity contribution in [2.45, 2.75) is 4.90 Å². The molecule has 0 spiro atoms. The van der Waals surface area contributed by atoms with E-state index in [0.717, 1.165) is 7.11 Å². The molecule has 7 nitrogen and oxygen atoms in total. The number of aliphatic hydroxyl groups is 1. The van der Waals surface area contributed by atoms with Crippen LogP contribution in [0.2, 0.25) is 0 Å². The monoisotopic (exact) mass is 364 g/mol. The number of phenols is 1. The number of aliphatic hydroxyl groups excluding tert-OH is 1. The first-order chi connectivity index (χ1) is 11.9. The number of hydrogen-bond donors (Lipinski definition) is 4. The molecule has 1 unspecified atom stereocenters. The third kappa shape index (κ3) is 3.76. The standard InChI is InChI=1S/C16H16N2O4S.CH4O/c1-23(22)14-5-3-2-4-13(14)16(21)18(23)10-15(20)17-11-6-8-12(19)9-7-11;1-2/h2-9,19,22H,10H2,1H3,(H,17,20);2H,1H3. The molecule has 1 aliphatic rings. The number of rotatable bonds is 3. The zero-order chi connectivity index (χ0) is 18.6. The van der Waals surface area contributed by atoms with E-state index in [0.29, 0.717) is 16.1 Å². The average molecular weight is 364 g/mol. The molecule has 2 amide bonds. The molecule has 1 heterocycles. The number of nitrogens with one attached hydrogen (secondary N) is 1. The summed E-state index contributed by atoms with van der Waals surface area (Å²) in [6.07, 6.45) is 1.57. The average Bonchev–Trinajstić information content (AvgIpc) is 2.80.